The Kier molecular flexibility index (Phi) is 11.4. The molecule has 0 aliphatic heterocycles. The molecular weight excluding hydrogens is 553 g/mol. The third-order valence-corrected chi connectivity index (χ3v) is 6.40. The molecule has 0 saturated heterocycles. The topological polar surface area (TPSA) is 133 Å². The second-order valence-corrected chi connectivity index (χ2v) is 11.3. The lowest BCUT2D eigenvalue weighted by molar-refractivity contribution is -0.140. The zero-order chi connectivity index (χ0) is 31.8. The minimum absolute atomic E-state index is 0.476. The van der Waals surface area contributed by atoms with Gasteiger partial charge in [0, 0.05) is 6.20 Å². The first kappa shape index (κ1) is 34.0. The number of allylic oxidation sites excluding steroid dienone is 5. The zero-order valence-corrected chi connectivity index (χ0v) is 24.4. The maximum Gasteiger partial charge on any atom is 0.417 e. The van der Waals surface area contributed by atoms with Gasteiger partial charge in [-0.15, -0.1) is 0 Å². The van der Waals surface area contributed by atoms with Crippen molar-refractivity contribution in [2.24, 2.45) is 11.3 Å². The van der Waals surface area contributed by atoms with Gasteiger partial charge in [-0.1, -0.05) is 71.1 Å². The van der Waals surface area contributed by atoms with Crippen molar-refractivity contribution in [2.45, 2.75) is 72.3 Å². The van der Waals surface area contributed by atoms with Crippen LogP contribution in [-0.2, 0) is 25.4 Å². The zero-order valence-electron chi connectivity index (χ0n) is 24.4. The average Bonchev–Trinajstić information content (AvgIpc) is 2.91. The van der Waals surface area contributed by atoms with Gasteiger partial charge in [-0.25, -0.2) is 0 Å². The molecule has 0 fully saturated rings. The van der Waals surface area contributed by atoms with E-state index in [4.69, 9.17) is 0 Å². The van der Waals surface area contributed by atoms with Crippen molar-refractivity contribution in [1.29, 1.82) is 0 Å². The highest BCUT2D eigenvalue weighted by Gasteiger charge is 2.39. The molecule has 1 aromatic carbocycles. The summed E-state index contributed by atoms with van der Waals surface area (Å²) in [6.45, 7) is 9.39. The molecule has 2 rings (SSSR count). The summed E-state index contributed by atoms with van der Waals surface area (Å²) in [6, 6.07) is 0.443. The molecule has 1 aromatic rings. The van der Waals surface area contributed by atoms with Crippen molar-refractivity contribution in [2.75, 3.05) is 0 Å². The smallest absolute Gasteiger partial charge is 0.344 e. The number of halogens is 3. The van der Waals surface area contributed by atoms with Crippen LogP contribution in [0, 0.1) is 11.3 Å². The molecule has 12 heteroatoms. The molecule has 4 N–H and O–H groups in total. The van der Waals surface area contributed by atoms with Crippen LogP contribution in [0.2, 0.25) is 0 Å². The van der Waals surface area contributed by atoms with Gasteiger partial charge in [0.2, 0.25) is 17.6 Å². The van der Waals surface area contributed by atoms with Gasteiger partial charge < -0.3 is 21.3 Å². The first-order valence-corrected chi connectivity index (χ1v) is 13.4. The Morgan fingerprint density at radius 2 is 1.52 bits per heavy atom. The Labute approximate surface area is 243 Å². The molecule has 3 unspecified atom stereocenters. The van der Waals surface area contributed by atoms with Crippen molar-refractivity contribution in [3.05, 3.63) is 71.5 Å². The highest BCUT2D eigenvalue weighted by molar-refractivity contribution is 6.38. The summed E-state index contributed by atoms with van der Waals surface area (Å²) >= 11 is 0. The van der Waals surface area contributed by atoms with E-state index in [1.54, 1.807) is 46.8 Å². The third-order valence-electron chi connectivity index (χ3n) is 6.40. The highest BCUT2D eigenvalue weighted by Crippen LogP contribution is 2.32. The van der Waals surface area contributed by atoms with Crippen LogP contribution >= 0.6 is 0 Å². The van der Waals surface area contributed by atoms with E-state index in [1.807, 2.05) is 12.2 Å². The number of rotatable bonds is 10. The van der Waals surface area contributed by atoms with E-state index in [1.165, 1.54) is 19.2 Å². The molecule has 42 heavy (non-hydrogen) atoms. The van der Waals surface area contributed by atoms with E-state index in [0.717, 1.165) is 23.8 Å². The van der Waals surface area contributed by atoms with Gasteiger partial charge in [-0.05, 0) is 42.4 Å². The number of hydrogen-bond donors (Lipinski definition) is 4. The second-order valence-electron chi connectivity index (χ2n) is 11.3. The van der Waals surface area contributed by atoms with Crippen molar-refractivity contribution in [3.63, 3.8) is 0 Å². The maximum absolute atomic E-state index is 13.4. The molecule has 0 spiro atoms. The molecule has 0 heterocycles. The van der Waals surface area contributed by atoms with Gasteiger partial charge in [0.1, 0.15) is 12.1 Å². The first-order valence-electron chi connectivity index (χ1n) is 13.4. The molecule has 4 amide bonds. The van der Waals surface area contributed by atoms with E-state index in [0.29, 0.717) is 6.42 Å². The fourth-order valence-electron chi connectivity index (χ4n) is 4.00. The summed E-state index contributed by atoms with van der Waals surface area (Å²) in [6.07, 6.45) is 4.49. The molecule has 228 valence electrons. The van der Waals surface area contributed by atoms with Gasteiger partial charge >= 0.3 is 6.18 Å². The molecule has 0 bridgehead atoms. The number of ketones is 1. The molecule has 9 nitrogen and oxygen atoms in total. The van der Waals surface area contributed by atoms with Crippen molar-refractivity contribution < 1.29 is 37.1 Å². The quantitative estimate of drug-likeness (QED) is 0.309. The monoisotopic (exact) mass is 590 g/mol. The second kappa shape index (κ2) is 14.1. The van der Waals surface area contributed by atoms with Gasteiger partial charge in [-0.3, -0.25) is 24.0 Å². The Morgan fingerprint density at radius 1 is 0.881 bits per heavy atom. The van der Waals surface area contributed by atoms with Crippen molar-refractivity contribution in [3.8, 4) is 0 Å². The van der Waals surface area contributed by atoms with E-state index < -0.39 is 76.2 Å². The largest absolute Gasteiger partial charge is 0.417 e. The fourth-order valence-corrected chi connectivity index (χ4v) is 4.00. The summed E-state index contributed by atoms with van der Waals surface area (Å²) < 4.78 is 40.3. The number of carbonyl (C=O) groups excluding carboxylic acids is 5. The molecule has 0 aromatic heterocycles. The number of Topliss-reactive ketones (excluding diaryl/α,β-unsaturated/α-hetero) is 1. The first-order chi connectivity index (χ1) is 19.4. The summed E-state index contributed by atoms with van der Waals surface area (Å²) in [4.78, 5) is 64.3. The van der Waals surface area contributed by atoms with Gasteiger partial charge in [0.15, 0.2) is 0 Å². The van der Waals surface area contributed by atoms with Crippen LogP contribution in [0.25, 0.3) is 0 Å². The summed E-state index contributed by atoms with van der Waals surface area (Å²) in [5.74, 6) is -4.99. The SMILES string of the molecule is CC(NC(=O)C(NC(=O)c1ccccc1C(F)(F)F)C(C)(C)C)C(=O)NC(C(=O)C(=O)NC=C1C=CC=CC1)C(C)C. The van der Waals surface area contributed by atoms with Crippen LogP contribution in [0.1, 0.15) is 63.9 Å². The number of hydrogen-bond acceptors (Lipinski definition) is 5. The fraction of sp³-hybridized carbons (Fsp3) is 0.433. The van der Waals surface area contributed by atoms with Crippen LogP contribution in [0.15, 0.2) is 60.3 Å². The lowest BCUT2D eigenvalue weighted by Crippen LogP contribution is -2.59. The maximum atomic E-state index is 13.4. The van der Waals surface area contributed by atoms with Crippen molar-refractivity contribution >= 4 is 29.4 Å². The molecular formula is C30H37F3N4O5. The Hall–Kier alpha value is -4.22. The minimum atomic E-state index is -4.79. The van der Waals surface area contributed by atoms with Crippen LogP contribution in [0.3, 0.4) is 0 Å². The van der Waals surface area contributed by atoms with Gasteiger partial charge in [0.05, 0.1) is 17.2 Å². The van der Waals surface area contributed by atoms with E-state index in [-0.39, 0.29) is 0 Å². The number of nitrogens with one attached hydrogen (secondary N) is 4. The van der Waals surface area contributed by atoms with Crippen LogP contribution in [0.4, 0.5) is 13.2 Å². The average molecular weight is 591 g/mol. The summed E-state index contributed by atoms with van der Waals surface area (Å²) in [5, 5.41) is 9.72. The Morgan fingerprint density at radius 3 is 2.07 bits per heavy atom. The normalized spacial score (nSPS) is 16.4. The van der Waals surface area contributed by atoms with Crippen LogP contribution < -0.4 is 21.3 Å². The lowest BCUT2D eigenvalue weighted by atomic mass is 9.85. The predicted octanol–water partition coefficient (Wildman–Crippen LogP) is 3.58. The molecule has 0 radical (unpaired) electrons. The molecule has 1 aliphatic carbocycles. The van der Waals surface area contributed by atoms with Crippen molar-refractivity contribution in [1.82, 2.24) is 21.3 Å². The highest BCUT2D eigenvalue weighted by atomic mass is 19.4. The predicted molar refractivity (Wildman–Crippen MR) is 151 cm³/mol. The van der Waals surface area contributed by atoms with Crippen LogP contribution in [-0.4, -0.2) is 47.5 Å². The van der Waals surface area contributed by atoms with E-state index in [2.05, 4.69) is 21.3 Å². The molecule has 3 atom stereocenters. The summed E-state index contributed by atoms with van der Waals surface area (Å²) in [7, 11) is 0. The van der Waals surface area contributed by atoms with Crippen LogP contribution in [0.5, 0.6) is 0 Å². The van der Waals surface area contributed by atoms with Gasteiger partial charge in [0.25, 0.3) is 11.8 Å². The standard InChI is InChI=1S/C30H37F3N4O5/c1-17(2)22(23(38)27(41)34-16-19-12-8-7-9-13-19)36-25(39)18(3)35-28(42)24(29(4,5)6)37-26(40)20-14-10-11-15-21(20)30(31,32)33/h7-12,14-18,22,24H,13H2,1-6H3,(H,34,41)(H,35,42)(H,36,39)(H,37,40). The lowest BCUT2D eigenvalue weighted by Gasteiger charge is -2.32. The Bertz CT molecular complexity index is 1290. The van der Waals surface area contributed by atoms with E-state index >= 15 is 0 Å². The third kappa shape index (κ3) is 9.42. The Balaban J connectivity index is 2.11. The van der Waals surface area contributed by atoms with Gasteiger partial charge in [-0.2, -0.15) is 13.2 Å². The molecule has 0 saturated carbocycles. The number of benzene rings is 1. The molecule has 1 aliphatic rings. The number of amides is 4. The number of alkyl halides is 3. The summed E-state index contributed by atoms with van der Waals surface area (Å²) in [5.41, 5.74) is -1.99. The number of carbonyl (C=O) groups is 5. The van der Waals surface area contributed by atoms with E-state index in [9.17, 15) is 37.1 Å². The minimum Gasteiger partial charge on any atom is -0.344 e.